The van der Waals surface area contributed by atoms with Crippen molar-refractivity contribution in [1.29, 1.82) is 0 Å². The molecule has 1 saturated heterocycles. The monoisotopic (exact) mass is 349 g/mol. The molecule has 132 valence electrons. The van der Waals surface area contributed by atoms with E-state index in [-0.39, 0.29) is 11.9 Å². The summed E-state index contributed by atoms with van der Waals surface area (Å²) < 4.78 is 5.34. The summed E-state index contributed by atoms with van der Waals surface area (Å²) in [5.41, 5.74) is 2.03. The van der Waals surface area contributed by atoms with Crippen molar-refractivity contribution in [3.63, 3.8) is 0 Å². The highest BCUT2D eigenvalue weighted by molar-refractivity contribution is 5.75. The van der Waals surface area contributed by atoms with E-state index in [1.54, 1.807) is 17.3 Å². The topological polar surface area (TPSA) is 84.2 Å². The Kier molecular flexibility index (Phi) is 4.59. The lowest BCUT2D eigenvalue weighted by molar-refractivity contribution is 0.137. The van der Waals surface area contributed by atoms with Gasteiger partial charge < -0.3 is 14.7 Å². The van der Waals surface area contributed by atoms with Crippen LogP contribution in [0.4, 0.5) is 4.79 Å². The molecule has 0 saturated carbocycles. The lowest BCUT2D eigenvalue weighted by Gasteiger charge is -2.36. The second-order valence-electron chi connectivity index (χ2n) is 6.27. The summed E-state index contributed by atoms with van der Waals surface area (Å²) in [5.74, 6) is 1.18. The summed E-state index contributed by atoms with van der Waals surface area (Å²) in [6.07, 6.45) is 4.22. The zero-order valence-corrected chi connectivity index (χ0v) is 14.2. The number of nitrogens with zero attached hydrogens (tertiary/aromatic N) is 4. The number of hydrogen-bond donors (Lipinski definition) is 1. The molecule has 1 aliphatic rings. The van der Waals surface area contributed by atoms with E-state index in [0.717, 1.165) is 12.0 Å². The second kappa shape index (κ2) is 7.35. The van der Waals surface area contributed by atoms with E-state index in [9.17, 15) is 4.79 Å². The number of carbonyl (C=O) groups is 1. The summed E-state index contributed by atoms with van der Waals surface area (Å²) in [7, 11) is 0. The Morgan fingerprint density at radius 1 is 1.19 bits per heavy atom. The van der Waals surface area contributed by atoms with E-state index < -0.39 is 0 Å². The standard InChI is InChI=1S/C19H19N5O2/c25-19(21-10-8-14-5-2-1-3-6-14)24-12-16(13-24)18-22-17(23-26-18)15-7-4-9-20-11-15/h1-7,9,11,16H,8,10,12-13H2,(H,21,25). The molecule has 1 fully saturated rings. The minimum atomic E-state index is -0.0517. The molecule has 1 aromatic carbocycles. The highest BCUT2D eigenvalue weighted by Gasteiger charge is 2.35. The molecule has 0 bridgehead atoms. The maximum atomic E-state index is 12.2. The summed E-state index contributed by atoms with van der Waals surface area (Å²) in [6, 6.07) is 13.8. The van der Waals surface area contributed by atoms with Crippen molar-refractivity contribution >= 4 is 6.03 Å². The number of carbonyl (C=O) groups excluding carboxylic acids is 1. The number of likely N-dealkylation sites (tertiary alicyclic amines) is 1. The quantitative estimate of drug-likeness (QED) is 0.765. The second-order valence-corrected chi connectivity index (χ2v) is 6.27. The number of amides is 2. The SMILES string of the molecule is O=C(NCCc1ccccc1)N1CC(c2nc(-c3cccnc3)no2)C1. The molecule has 7 nitrogen and oxygen atoms in total. The molecule has 2 aromatic heterocycles. The average molecular weight is 349 g/mol. The van der Waals surface area contributed by atoms with E-state index in [1.807, 2.05) is 30.3 Å². The summed E-state index contributed by atoms with van der Waals surface area (Å²) in [5, 5.41) is 6.95. The molecular formula is C19H19N5O2. The van der Waals surface area contributed by atoms with Crippen LogP contribution in [0.25, 0.3) is 11.4 Å². The first-order chi connectivity index (χ1) is 12.8. The van der Waals surface area contributed by atoms with Gasteiger partial charge in [-0.15, -0.1) is 0 Å². The van der Waals surface area contributed by atoms with Crippen LogP contribution in [0.1, 0.15) is 17.4 Å². The smallest absolute Gasteiger partial charge is 0.317 e. The first-order valence-electron chi connectivity index (χ1n) is 8.60. The Labute approximate surface area is 151 Å². The fraction of sp³-hybridized carbons (Fsp3) is 0.263. The van der Waals surface area contributed by atoms with Gasteiger partial charge in [0.1, 0.15) is 0 Å². The highest BCUT2D eigenvalue weighted by Crippen LogP contribution is 2.27. The predicted molar refractivity (Wildman–Crippen MR) is 95.4 cm³/mol. The van der Waals surface area contributed by atoms with Crippen molar-refractivity contribution in [2.45, 2.75) is 12.3 Å². The van der Waals surface area contributed by atoms with Crippen LogP contribution in [-0.2, 0) is 6.42 Å². The van der Waals surface area contributed by atoms with Crippen molar-refractivity contribution in [3.8, 4) is 11.4 Å². The number of pyridine rings is 1. The number of nitrogens with one attached hydrogen (secondary N) is 1. The van der Waals surface area contributed by atoms with Crippen LogP contribution in [0.15, 0.2) is 59.4 Å². The minimum absolute atomic E-state index is 0.0517. The fourth-order valence-corrected chi connectivity index (χ4v) is 2.88. The maximum absolute atomic E-state index is 12.2. The Morgan fingerprint density at radius 3 is 2.81 bits per heavy atom. The number of urea groups is 1. The van der Waals surface area contributed by atoms with Crippen LogP contribution in [0.5, 0.6) is 0 Å². The highest BCUT2D eigenvalue weighted by atomic mass is 16.5. The van der Waals surface area contributed by atoms with Gasteiger partial charge in [0.25, 0.3) is 0 Å². The number of rotatable bonds is 5. The van der Waals surface area contributed by atoms with Crippen molar-refractivity contribution in [2.75, 3.05) is 19.6 Å². The first kappa shape index (κ1) is 16.3. The molecule has 0 atom stereocenters. The van der Waals surface area contributed by atoms with E-state index >= 15 is 0 Å². The molecule has 0 spiro atoms. The molecule has 1 N–H and O–H groups in total. The van der Waals surface area contributed by atoms with Crippen molar-refractivity contribution in [2.24, 2.45) is 0 Å². The number of aromatic nitrogens is 3. The Balaban J connectivity index is 1.25. The van der Waals surface area contributed by atoms with E-state index in [4.69, 9.17) is 4.52 Å². The van der Waals surface area contributed by atoms with Crippen LogP contribution >= 0.6 is 0 Å². The molecule has 0 aliphatic carbocycles. The summed E-state index contributed by atoms with van der Waals surface area (Å²) >= 11 is 0. The third kappa shape index (κ3) is 3.56. The number of benzene rings is 1. The van der Waals surface area contributed by atoms with Crippen LogP contribution < -0.4 is 5.32 Å². The third-order valence-electron chi connectivity index (χ3n) is 4.41. The molecule has 0 radical (unpaired) electrons. The van der Waals surface area contributed by atoms with Crippen LogP contribution in [-0.4, -0.2) is 45.7 Å². The van der Waals surface area contributed by atoms with Crippen molar-refractivity contribution in [3.05, 3.63) is 66.3 Å². The summed E-state index contributed by atoms with van der Waals surface area (Å²) in [4.78, 5) is 22.4. The predicted octanol–water partition coefficient (Wildman–Crippen LogP) is 2.48. The van der Waals surface area contributed by atoms with Gasteiger partial charge in [-0.2, -0.15) is 4.98 Å². The van der Waals surface area contributed by atoms with Crippen molar-refractivity contribution < 1.29 is 9.32 Å². The lowest BCUT2D eigenvalue weighted by Crippen LogP contribution is -2.52. The molecule has 3 aromatic rings. The van der Waals surface area contributed by atoms with Gasteiger partial charge in [0.2, 0.25) is 11.7 Å². The number of hydrogen-bond acceptors (Lipinski definition) is 5. The summed E-state index contributed by atoms with van der Waals surface area (Å²) in [6.45, 7) is 1.80. The molecule has 0 unspecified atom stereocenters. The van der Waals surface area contributed by atoms with Gasteiger partial charge in [-0.05, 0) is 24.1 Å². The maximum Gasteiger partial charge on any atom is 0.317 e. The molecule has 1 aliphatic heterocycles. The zero-order valence-electron chi connectivity index (χ0n) is 14.2. The third-order valence-corrected chi connectivity index (χ3v) is 4.41. The van der Waals surface area contributed by atoms with Gasteiger partial charge in [0.15, 0.2) is 0 Å². The fourth-order valence-electron chi connectivity index (χ4n) is 2.88. The van der Waals surface area contributed by atoms with Crippen LogP contribution in [0.3, 0.4) is 0 Å². The van der Waals surface area contributed by atoms with Gasteiger partial charge in [0, 0.05) is 37.6 Å². The van der Waals surface area contributed by atoms with E-state index in [1.165, 1.54) is 5.56 Å². The Bertz CT molecular complexity index is 860. The van der Waals surface area contributed by atoms with Crippen LogP contribution in [0.2, 0.25) is 0 Å². The molecular weight excluding hydrogens is 330 g/mol. The van der Waals surface area contributed by atoms with E-state index in [2.05, 4.69) is 32.6 Å². The lowest BCUT2D eigenvalue weighted by atomic mass is 10.0. The van der Waals surface area contributed by atoms with E-state index in [0.29, 0.717) is 31.3 Å². The largest absolute Gasteiger partial charge is 0.339 e. The molecule has 4 rings (SSSR count). The Morgan fingerprint density at radius 2 is 2.04 bits per heavy atom. The van der Waals surface area contributed by atoms with Crippen molar-refractivity contribution in [1.82, 2.24) is 25.3 Å². The zero-order chi connectivity index (χ0) is 17.8. The van der Waals surface area contributed by atoms with Gasteiger partial charge in [0.05, 0.1) is 5.92 Å². The van der Waals surface area contributed by atoms with Gasteiger partial charge in [-0.3, -0.25) is 4.98 Å². The first-order valence-corrected chi connectivity index (χ1v) is 8.60. The average Bonchev–Trinajstić information content (AvgIpc) is 3.12. The minimum Gasteiger partial charge on any atom is -0.339 e. The Hall–Kier alpha value is -3.22. The molecule has 7 heteroatoms. The van der Waals surface area contributed by atoms with Gasteiger partial charge >= 0.3 is 6.03 Å². The molecule has 2 amide bonds. The van der Waals surface area contributed by atoms with Gasteiger partial charge in [-0.25, -0.2) is 4.79 Å². The normalized spacial score (nSPS) is 14.1. The van der Waals surface area contributed by atoms with Crippen LogP contribution in [0, 0.1) is 0 Å². The molecule has 3 heterocycles. The molecule has 26 heavy (non-hydrogen) atoms. The van der Waals surface area contributed by atoms with Gasteiger partial charge in [-0.1, -0.05) is 35.5 Å².